The lowest BCUT2D eigenvalue weighted by atomic mass is 9.97. The molecule has 1 saturated heterocycles. The van der Waals surface area contributed by atoms with Crippen LogP contribution in [0.5, 0.6) is 0 Å². The van der Waals surface area contributed by atoms with Crippen molar-refractivity contribution in [1.29, 1.82) is 0 Å². The number of nitrogens with one attached hydrogen (secondary N) is 1. The highest BCUT2D eigenvalue weighted by atomic mass is 15.2. The van der Waals surface area contributed by atoms with Crippen LogP contribution >= 0.6 is 0 Å². The number of fused-ring (bicyclic) bond motifs is 1. The molecule has 1 N–H and O–H groups in total. The standard InChI is InChI=1S/C12H14N4/c1-2-4-11-10(3-1)14-12(16-15-11)9-5-7-13-8-6-9/h1-4,9,13H,5-8H2. The molecule has 2 heterocycles. The molecule has 1 aliphatic heterocycles. The molecule has 82 valence electrons. The summed E-state index contributed by atoms with van der Waals surface area (Å²) >= 11 is 0. The predicted molar refractivity (Wildman–Crippen MR) is 62.2 cm³/mol. The maximum atomic E-state index is 4.60. The summed E-state index contributed by atoms with van der Waals surface area (Å²) in [4.78, 5) is 4.60. The molecule has 0 radical (unpaired) electrons. The maximum absolute atomic E-state index is 4.60. The van der Waals surface area contributed by atoms with E-state index in [9.17, 15) is 0 Å². The van der Waals surface area contributed by atoms with Crippen LogP contribution in [0.2, 0.25) is 0 Å². The van der Waals surface area contributed by atoms with Gasteiger partial charge in [0, 0.05) is 5.92 Å². The molecule has 0 saturated carbocycles. The van der Waals surface area contributed by atoms with E-state index in [4.69, 9.17) is 0 Å². The number of aromatic nitrogens is 3. The van der Waals surface area contributed by atoms with Crippen molar-refractivity contribution in [3.05, 3.63) is 30.1 Å². The Morgan fingerprint density at radius 2 is 1.75 bits per heavy atom. The smallest absolute Gasteiger partial charge is 0.154 e. The van der Waals surface area contributed by atoms with E-state index < -0.39 is 0 Å². The topological polar surface area (TPSA) is 50.7 Å². The van der Waals surface area contributed by atoms with Crippen molar-refractivity contribution in [2.24, 2.45) is 0 Å². The summed E-state index contributed by atoms with van der Waals surface area (Å²) in [5.74, 6) is 1.37. The van der Waals surface area contributed by atoms with Gasteiger partial charge in [0.05, 0.1) is 5.52 Å². The highest BCUT2D eigenvalue weighted by Gasteiger charge is 2.18. The van der Waals surface area contributed by atoms with Gasteiger partial charge in [0.25, 0.3) is 0 Å². The minimum Gasteiger partial charge on any atom is -0.317 e. The van der Waals surface area contributed by atoms with Gasteiger partial charge in [0.1, 0.15) is 5.52 Å². The molecule has 1 fully saturated rings. The van der Waals surface area contributed by atoms with Gasteiger partial charge in [-0.2, -0.15) is 0 Å². The SMILES string of the molecule is c1ccc2nc(C3CCNCC3)nnc2c1. The number of hydrogen-bond donors (Lipinski definition) is 1. The molecular weight excluding hydrogens is 200 g/mol. The van der Waals surface area contributed by atoms with E-state index in [1.165, 1.54) is 0 Å². The Kier molecular flexibility index (Phi) is 2.50. The third kappa shape index (κ3) is 1.76. The summed E-state index contributed by atoms with van der Waals surface area (Å²) in [5, 5.41) is 11.8. The Hall–Kier alpha value is -1.55. The number of benzene rings is 1. The monoisotopic (exact) mass is 214 g/mol. The molecule has 0 atom stereocenters. The van der Waals surface area contributed by atoms with E-state index in [1.54, 1.807) is 0 Å². The van der Waals surface area contributed by atoms with Crippen LogP contribution in [-0.4, -0.2) is 28.3 Å². The fraction of sp³-hybridized carbons (Fsp3) is 0.417. The number of para-hydroxylation sites is 1. The largest absolute Gasteiger partial charge is 0.317 e. The first-order chi connectivity index (χ1) is 7.93. The second kappa shape index (κ2) is 4.14. The number of piperidine rings is 1. The molecule has 0 amide bonds. The van der Waals surface area contributed by atoms with Crippen LogP contribution in [0, 0.1) is 0 Å². The van der Waals surface area contributed by atoms with E-state index in [2.05, 4.69) is 20.5 Å². The average Bonchev–Trinajstić information content (AvgIpc) is 2.39. The zero-order chi connectivity index (χ0) is 10.8. The summed E-state index contributed by atoms with van der Waals surface area (Å²) in [5.41, 5.74) is 1.83. The highest BCUT2D eigenvalue weighted by Crippen LogP contribution is 2.22. The molecule has 2 aromatic rings. The van der Waals surface area contributed by atoms with Gasteiger partial charge in [0.15, 0.2) is 5.82 Å². The lowest BCUT2D eigenvalue weighted by Crippen LogP contribution is -2.27. The third-order valence-corrected chi connectivity index (χ3v) is 3.08. The number of nitrogens with zero attached hydrogens (tertiary/aromatic N) is 3. The first kappa shape index (κ1) is 9.66. The average molecular weight is 214 g/mol. The zero-order valence-corrected chi connectivity index (χ0v) is 9.06. The summed E-state index contributed by atoms with van der Waals surface area (Å²) < 4.78 is 0. The lowest BCUT2D eigenvalue weighted by Gasteiger charge is -2.20. The van der Waals surface area contributed by atoms with Gasteiger partial charge in [-0.15, -0.1) is 10.2 Å². The summed E-state index contributed by atoms with van der Waals surface area (Å²) in [6, 6.07) is 7.89. The van der Waals surface area contributed by atoms with E-state index in [0.29, 0.717) is 5.92 Å². The second-order valence-corrected chi connectivity index (χ2v) is 4.18. The number of rotatable bonds is 1. The molecule has 0 bridgehead atoms. The van der Waals surface area contributed by atoms with Gasteiger partial charge in [0.2, 0.25) is 0 Å². The molecule has 1 aromatic heterocycles. The van der Waals surface area contributed by atoms with Crippen LogP contribution < -0.4 is 5.32 Å². The highest BCUT2D eigenvalue weighted by molar-refractivity contribution is 5.72. The number of hydrogen-bond acceptors (Lipinski definition) is 4. The molecule has 3 rings (SSSR count). The van der Waals surface area contributed by atoms with Gasteiger partial charge < -0.3 is 5.32 Å². The minimum atomic E-state index is 0.471. The van der Waals surface area contributed by atoms with Crippen molar-refractivity contribution in [3.8, 4) is 0 Å². The van der Waals surface area contributed by atoms with Crippen molar-refractivity contribution in [3.63, 3.8) is 0 Å². The fourth-order valence-electron chi connectivity index (χ4n) is 2.15. The zero-order valence-electron chi connectivity index (χ0n) is 9.06. The normalized spacial score (nSPS) is 17.8. The van der Waals surface area contributed by atoms with Gasteiger partial charge >= 0.3 is 0 Å². The molecule has 4 heteroatoms. The first-order valence-corrected chi connectivity index (χ1v) is 5.73. The molecule has 0 spiro atoms. The Labute approximate surface area is 94.1 Å². The molecular formula is C12H14N4. The van der Waals surface area contributed by atoms with Crippen molar-refractivity contribution in [1.82, 2.24) is 20.5 Å². The summed E-state index contributed by atoms with van der Waals surface area (Å²) in [6.07, 6.45) is 2.22. The molecule has 0 aliphatic carbocycles. The molecule has 4 nitrogen and oxygen atoms in total. The lowest BCUT2D eigenvalue weighted by molar-refractivity contribution is 0.443. The van der Waals surface area contributed by atoms with Crippen LogP contribution in [0.25, 0.3) is 11.0 Å². The molecule has 0 unspecified atom stereocenters. The van der Waals surface area contributed by atoms with Crippen LogP contribution in [0.4, 0.5) is 0 Å². The van der Waals surface area contributed by atoms with Crippen LogP contribution in [0.3, 0.4) is 0 Å². The van der Waals surface area contributed by atoms with Gasteiger partial charge in [-0.3, -0.25) is 0 Å². The van der Waals surface area contributed by atoms with Gasteiger partial charge in [-0.1, -0.05) is 12.1 Å². The quantitative estimate of drug-likeness (QED) is 0.781. The summed E-state index contributed by atoms with van der Waals surface area (Å²) in [6.45, 7) is 2.11. The Morgan fingerprint density at radius 3 is 2.56 bits per heavy atom. The van der Waals surface area contributed by atoms with Crippen LogP contribution in [0.15, 0.2) is 24.3 Å². The Balaban J connectivity index is 1.97. The van der Waals surface area contributed by atoms with E-state index in [-0.39, 0.29) is 0 Å². The van der Waals surface area contributed by atoms with E-state index in [1.807, 2.05) is 24.3 Å². The molecule has 16 heavy (non-hydrogen) atoms. The van der Waals surface area contributed by atoms with Crippen molar-refractivity contribution in [2.75, 3.05) is 13.1 Å². The van der Waals surface area contributed by atoms with Crippen molar-refractivity contribution in [2.45, 2.75) is 18.8 Å². The van der Waals surface area contributed by atoms with E-state index in [0.717, 1.165) is 42.8 Å². The molecule has 1 aliphatic rings. The fourth-order valence-corrected chi connectivity index (χ4v) is 2.15. The maximum Gasteiger partial charge on any atom is 0.154 e. The van der Waals surface area contributed by atoms with Crippen molar-refractivity contribution >= 4 is 11.0 Å². The minimum absolute atomic E-state index is 0.471. The summed E-state index contributed by atoms with van der Waals surface area (Å²) in [7, 11) is 0. The Bertz CT molecular complexity index is 491. The second-order valence-electron chi connectivity index (χ2n) is 4.18. The van der Waals surface area contributed by atoms with Gasteiger partial charge in [-0.25, -0.2) is 4.98 Å². The third-order valence-electron chi connectivity index (χ3n) is 3.08. The predicted octanol–water partition coefficient (Wildman–Crippen LogP) is 1.49. The van der Waals surface area contributed by atoms with Gasteiger partial charge in [-0.05, 0) is 38.1 Å². The first-order valence-electron chi connectivity index (χ1n) is 5.73. The Morgan fingerprint density at radius 1 is 1.00 bits per heavy atom. The van der Waals surface area contributed by atoms with Crippen molar-refractivity contribution < 1.29 is 0 Å². The van der Waals surface area contributed by atoms with Crippen LogP contribution in [-0.2, 0) is 0 Å². The van der Waals surface area contributed by atoms with Crippen LogP contribution in [0.1, 0.15) is 24.6 Å². The molecule has 1 aromatic carbocycles. The van der Waals surface area contributed by atoms with E-state index >= 15 is 0 Å².